The minimum Gasteiger partial charge on any atom is -0.379 e. The molecule has 3 rings (SSSR count). The molecule has 0 aliphatic carbocycles. The van der Waals surface area contributed by atoms with E-state index in [4.69, 9.17) is 21.7 Å². The van der Waals surface area contributed by atoms with E-state index in [1.807, 2.05) is 18.3 Å². The van der Waals surface area contributed by atoms with Crippen LogP contribution in [0, 0.1) is 5.41 Å². The van der Waals surface area contributed by atoms with Gasteiger partial charge in [0, 0.05) is 44.0 Å². The molecular formula is C18H23ClN5O+. The van der Waals surface area contributed by atoms with Gasteiger partial charge in [-0.15, -0.1) is 0 Å². The number of aromatic nitrogens is 2. The number of morpholine rings is 1. The fourth-order valence-corrected chi connectivity index (χ4v) is 2.99. The van der Waals surface area contributed by atoms with Gasteiger partial charge in [-0.3, -0.25) is 9.88 Å². The quantitative estimate of drug-likeness (QED) is 0.446. The molecule has 1 aliphatic rings. The Balaban J connectivity index is 1.57. The van der Waals surface area contributed by atoms with Gasteiger partial charge in [-0.05, 0) is 18.2 Å². The van der Waals surface area contributed by atoms with Gasteiger partial charge >= 0.3 is 0 Å². The highest BCUT2D eigenvalue weighted by atomic mass is 35.5. The van der Waals surface area contributed by atoms with E-state index >= 15 is 0 Å². The second kappa shape index (κ2) is 9.01. The summed E-state index contributed by atoms with van der Waals surface area (Å²) in [6.45, 7) is 5.82. The summed E-state index contributed by atoms with van der Waals surface area (Å²) >= 11 is 5.95. The van der Waals surface area contributed by atoms with Crippen molar-refractivity contribution in [1.82, 2.24) is 14.9 Å². The third kappa shape index (κ3) is 5.06. The van der Waals surface area contributed by atoms with Gasteiger partial charge in [0.05, 0.1) is 36.4 Å². The SMILES string of the molecule is N=C/C(=C\[NH2+]CCCN1CCOCC1)c1cnc2ccc(Cl)nc2c1. The smallest absolute Gasteiger partial charge is 0.129 e. The number of halogens is 1. The molecule has 6 nitrogen and oxygen atoms in total. The average Bonchev–Trinajstić information content (AvgIpc) is 2.65. The molecule has 0 bridgehead atoms. The maximum absolute atomic E-state index is 7.68. The molecule has 2 aromatic rings. The summed E-state index contributed by atoms with van der Waals surface area (Å²) in [5.74, 6) is 0. The van der Waals surface area contributed by atoms with E-state index < -0.39 is 0 Å². The fourth-order valence-electron chi connectivity index (χ4n) is 2.84. The summed E-state index contributed by atoms with van der Waals surface area (Å²) in [6.07, 6.45) is 6.22. The van der Waals surface area contributed by atoms with Gasteiger partial charge in [-0.1, -0.05) is 11.6 Å². The second-order valence-corrected chi connectivity index (χ2v) is 6.38. The molecule has 0 atom stereocenters. The topological polar surface area (TPSA) is 78.7 Å². The lowest BCUT2D eigenvalue weighted by molar-refractivity contribution is -0.587. The molecule has 0 spiro atoms. The van der Waals surface area contributed by atoms with Crippen LogP contribution in [0.4, 0.5) is 0 Å². The monoisotopic (exact) mass is 360 g/mol. The molecular weight excluding hydrogens is 338 g/mol. The maximum atomic E-state index is 7.68. The lowest BCUT2D eigenvalue weighted by Crippen LogP contribution is -2.78. The van der Waals surface area contributed by atoms with Gasteiger partial charge in [-0.25, -0.2) is 4.98 Å². The number of ether oxygens (including phenoxy) is 1. The number of fused-ring (bicyclic) bond motifs is 1. The molecule has 0 saturated carbocycles. The number of nitrogens with one attached hydrogen (secondary N) is 1. The van der Waals surface area contributed by atoms with Crippen LogP contribution in [-0.4, -0.2) is 60.5 Å². The first-order valence-corrected chi connectivity index (χ1v) is 8.91. The van der Waals surface area contributed by atoms with Gasteiger partial charge < -0.3 is 15.5 Å². The summed E-state index contributed by atoms with van der Waals surface area (Å²) < 4.78 is 5.36. The van der Waals surface area contributed by atoms with E-state index in [1.54, 1.807) is 12.3 Å². The lowest BCUT2D eigenvalue weighted by Gasteiger charge is -2.25. The molecule has 0 aromatic carbocycles. The number of nitrogens with zero attached hydrogens (tertiary/aromatic N) is 3. The molecule has 1 saturated heterocycles. The van der Waals surface area contributed by atoms with E-state index in [-0.39, 0.29) is 0 Å². The van der Waals surface area contributed by atoms with Gasteiger partial charge in [0.2, 0.25) is 0 Å². The van der Waals surface area contributed by atoms with Crippen molar-refractivity contribution < 1.29 is 10.1 Å². The molecule has 2 aromatic heterocycles. The molecule has 25 heavy (non-hydrogen) atoms. The van der Waals surface area contributed by atoms with Gasteiger partial charge in [-0.2, -0.15) is 0 Å². The van der Waals surface area contributed by atoms with Crippen LogP contribution in [0.3, 0.4) is 0 Å². The first-order chi connectivity index (χ1) is 12.3. The van der Waals surface area contributed by atoms with Crippen LogP contribution in [0.2, 0.25) is 5.15 Å². The predicted molar refractivity (Wildman–Crippen MR) is 100.0 cm³/mol. The van der Waals surface area contributed by atoms with E-state index in [2.05, 4.69) is 20.2 Å². The summed E-state index contributed by atoms with van der Waals surface area (Å²) in [6, 6.07) is 5.50. The van der Waals surface area contributed by atoms with E-state index in [9.17, 15) is 0 Å². The standard InChI is InChI=1S/C18H22ClN5O/c19-18-3-2-16-17(23-18)10-14(13-22-16)15(11-20)12-21-4-1-5-24-6-8-25-9-7-24/h2-3,10-13,20-21H,1,4-9H2/p+1/b15-12+,20-11?. The molecule has 3 heterocycles. The van der Waals surface area contributed by atoms with E-state index in [1.165, 1.54) is 6.21 Å². The van der Waals surface area contributed by atoms with Crippen LogP contribution in [0.15, 0.2) is 30.6 Å². The van der Waals surface area contributed by atoms with Crippen molar-refractivity contribution in [2.75, 3.05) is 39.4 Å². The highest BCUT2D eigenvalue weighted by Crippen LogP contribution is 2.18. The van der Waals surface area contributed by atoms with Gasteiger partial charge in [0.25, 0.3) is 0 Å². The van der Waals surface area contributed by atoms with Crippen LogP contribution in [0.25, 0.3) is 16.6 Å². The van der Waals surface area contributed by atoms with Crippen LogP contribution < -0.4 is 5.32 Å². The largest absolute Gasteiger partial charge is 0.379 e. The predicted octanol–water partition coefficient (Wildman–Crippen LogP) is 1.56. The third-order valence-corrected chi connectivity index (χ3v) is 4.45. The van der Waals surface area contributed by atoms with E-state index in [0.717, 1.165) is 68.0 Å². The summed E-state index contributed by atoms with van der Waals surface area (Å²) in [4.78, 5) is 11.1. The Labute approximate surface area is 152 Å². The highest BCUT2D eigenvalue weighted by Gasteiger charge is 2.09. The molecule has 0 radical (unpaired) electrons. The van der Waals surface area contributed by atoms with Crippen molar-refractivity contribution in [3.8, 4) is 0 Å². The van der Waals surface area contributed by atoms with Crippen LogP contribution in [-0.2, 0) is 4.74 Å². The van der Waals surface area contributed by atoms with Crippen LogP contribution in [0.1, 0.15) is 12.0 Å². The summed E-state index contributed by atoms with van der Waals surface area (Å²) in [5.41, 5.74) is 3.24. The Bertz CT molecular complexity index is 758. The number of pyridine rings is 2. The molecule has 0 amide bonds. The molecule has 3 N–H and O–H groups in total. The van der Waals surface area contributed by atoms with Gasteiger partial charge in [0.15, 0.2) is 0 Å². The number of quaternary nitrogens is 1. The number of rotatable bonds is 7. The summed E-state index contributed by atoms with van der Waals surface area (Å²) in [5, 5.41) is 10.2. The highest BCUT2D eigenvalue weighted by molar-refractivity contribution is 6.29. The van der Waals surface area contributed by atoms with Crippen molar-refractivity contribution in [3.05, 3.63) is 41.3 Å². The molecule has 1 aliphatic heterocycles. The normalized spacial score (nSPS) is 16.3. The molecule has 1 fully saturated rings. The Morgan fingerprint density at radius 3 is 2.96 bits per heavy atom. The Morgan fingerprint density at radius 1 is 1.32 bits per heavy atom. The first kappa shape index (κ1) is 17.9. The number of hydrogen-bond acceptors (Lipinski definition) is 5. The maximum Gasteiger partial charge on any atom is 0.129 e. The summed E-state index contributed by atoms with van der Waals surface area (Å²) in [7, 11) is 0. The number of allylic oxidation sites excluding steroid dienone is 1. The van der Waals surface area contributed by atoms with Crippen molar-refractivity contribution in [2.45, 2.75) is 6.42 Å². The Morgan fingerprint density at radius 2 is 2.16 bits per heavy atom. The third-order valence-electron chi connectivity index (χ3n) is 4.24. The number of nitrogens with two attached hydrogens (primary N) is 1. The minimum atomic E-state index is 0.446. The zero-order valence-electron chi connectivity index (χ0n) is 14.1. The fraction of sp³-hybridized carbons (Fsp3) is 0.389. The van der Waals surface area contributed by atoms with E-state index in [0.29, 0.717) is 5.15 Å². The lowest BCUT2D eigenvalue weighted by atomic mass is 10.1. The Hall–Kier alpha value is -1.86. The van der Waals surface area contributed by atoms with Crippen molar-refractivity contribution in [3.63, 3.8) is 0 Å². The minimum absolute atomic E-state index is 0.446. The van der Waals surface area contributed by atoms with Crippen LogP contribution in [0.5, 0.6) is 0 Å². The zero-order chi connectivity index (χ0) is 17.5. The number of hydrogen-bond donors (Lipinski definition) is 2. The molecule has 7 heteroatoms. The second-order valence-electron chi connectivity index (χ2n) is 5.99. The molecule has 132 valence electrons. The van der Waals surface area contributed by atoms with Crippen molar-refractivity contribution >= 4 is 34.4 Å². The Kier molecular flexibility index (Phi) is 6.47. The zero-order valence-corrected chi connectivity index (χ0v) is 14.9. The molecule has 0 unspecified atom stereocenters. The van der Waals surface area contributed by atoms with Crippen LogP contribution >= 0.6 is 11.6 Å². The van der Waals surface area contributed by atoms with Gasteiger partial charge in [0.1, 0.15) is 11.4 Å². The van der Waals surface area contributed by atoms with Crippen molar-refractivity contribution in [1.29, 1.82) is 5.41 Å². The first-order valence-electron chi connectivity index (χ1n) is 8.53. The average molecular weight is 361 g/mol. The van der Waals surface area contributed by atoms with Crippen molar-refractivity contribution in [2.24, 2.45) is 0 Å².